The average Bonchev–Trinajstić information content (AvgIpc) is 2.16. The minimum atomic E-state index is 0.726. The summed E-state index contributed by atoms with van der Waals surface area (Å²) in [6, 6.07) is 0.726. The Labute approximate surface area is 82.0 Å². The fraction of sp³-hybridized carbons (Fsp3) is 0.818. The zero-order chi connectivity index (χ0) is 9.52. The van der Waals surface area contributed by atoms with Gasteiger partial charge in [-0.2, -0.15) is 0 Å². The van der Waals surface area contributed by atoms with Crippen molar-refractivity contribution in [3.8, 4) is 0 Å². The molecule has 0 amide bonds. The third-order valence-electron chi connectivity index (χ3n) is 2.60. The number of nitrogens with zero attached hydrogens (tertiary/aromatic N) is 1. The lowest BCUT2D eigenvalue weighted by molar-refractivity contribution is 0.209. The molecule has 0 aromatic carbocycles. The number of hydrogen-bond donors (Lipinski definition) is 1. The molecule has 13 heavy (non-hydrogen) atoms. The Kier molecular flexibility index (Phi) is 5.09. The van der Waals surface area contributed by atoms with Gasteiger partial charge in [-0.15, -0.1) is 0 Å². The van der Waals surface area contributed by atoms with E-state index in [1.165, 1.54) is 25.9 Å². The largest absolute Gasteiger partial charge is 0.313 e. The van der Waals surface area contributed by atoms with Crippen LogP contribution < -0.4 is 5.32 Å². The number of rotatable bonds is 4. The van der Waals surface area contributed by atoms with Crippen molar-refractivity contribution >= 4 is 0 Å². The van der Waals surface area contributed by atoms with Crippen LogP contribution in [0.25, 0.3) is 0 Å². The van der Waals surface area contributed by atoms with E-state index >= 15 is 0 Å². The van der Waals surface area contributed by atoms with E-state index in [1.54, 1.807) is 0 Å². The molecule has 76 valence electrons. The van der Waals surface area contributed by atoms with Crippen molar-refractivity contribution in [1.82, 2.24) is 10.2 Å². The van der Waals surface area contributed by atoms with Gasteiger partial charge in [-0.25, -0.2) is 0 Å². The van der Waals surface area contributed by atoms with Crippen molar-refractivity contribution in [2.75, 3.05) is 26.2 Å². The van der Waals surface area contributed by atoms with E-state index < -0.39 is 0 Å². The second kappa shape index (κ2) is 6.17. The second-order valence-electron chi connectivity index (χ2n) is 3.73. The van der Waals surface area contributed by atoms with Crippen LogP contribution in [0.2, 0.25) is 0 Å². The third kappa shape index (κ3) is 3.92. The van der Waals surface area contributed by atoms with Gasteiger partial charge in [0.25, 0.3) is 0 Å². The number of likely N-dealkylation sites (tertiary alicyclic amines) is 1. The molecule has 0 saturated carbocycles. The normalized spacial score (nSPS) is 25.5. The van der Waals surface area contributed by atoms with Gasteiger partial charge in [-0.1, -0.05) is 19.1 Å². The maximum atomic E-state index is 3.53. The summed E-state index contributed by atoms with van der Waals surface area (Å²) in [7, 11) is 0. The molecule has 0 spiro atoms. The Morgan fingerprint density at radius 1 is 1.54 bits per heavy atom. The van der Waals surface area contributed by atoms with Gasteiger partial charge in [0, 0.05) is 19.1 Å². The number of piperidine rings is 1. The monoisotopic (exact) mass is 182 g/mol. The van der Waals surface area contributed by atoms with E-state index in [1.807, 2.05) is 0 Å². The smallest absolute Gasteiger partial charge is 0.0195 e. The summed E-state index contributed by atoms with van der Waals surface area (Å²) in [5.41, 5.74) is 0. The van der Waals surface area contributed by atoms with Gasteiger partial charge in [0.05, 0.1) is 0 Å². The molecule has 1 aliphatic rings. The van der Waals surface area contributed by atoms with E-state index in [-0.39, 0.29) is 0 Å². The molecule has 0 aromatic rings. The molecule has 1 aliphatic heterocycles. The van der Waals surface area contributed by atoms with Crippen LogP contribution in [0, 0.1) is 0 Å². The lowest BCUT2D eigenvalue weighted by atomic mass is 10.1. The Hall–Kier alpha value is -0.340. The van der Waals surface area contributed by atoms with E-state index in [0.717, 1.165) is 19.1 Å². The van der Waals surface area contributed by atoms with Crippen LogP contribution in [0.1, 0.15) is 26.7 Å². The van der Waals surface area contributed by atoms with Gasteiger partial charge in [0.2, 0.25) is 0 Å². The predicted octanol–water partition coefficient (Wildman–Crippen LogP) is 1.64. The molecule has 1 rings (SSSR count). The maximum Gasteiger partial charge on any atom is 0.0195 e. The molecule has 0 aliphatic carbocycles. The zero-order valence-electron chi connectivity index (χ0n) is 8.92. The molecule has 0 radical (unpaired) electrons. The Balaban J connectivity index is 2.24. The zero-order valence-corrected chi connectivity index (χ0v) is 8.92. The summed E-state index contributed by atoms with van der Waals surface area (Å²) in [4.78, 5) is 2.52. The minimum absolute atomic E-state index is 0.726. The molecular weight excluding hydrogens is 160 g/mol. The van der Waals surface area contributed by atoms with E-state index in [4.69, 9.17) is 0 Å². The average molecular weight is 182 g/mol. The molecule has 1 fully saturated rings. The van der Waals surface area contributed by atoms with Crippen molar-refractivity contribution in [2.24, 2.45) is 0 Å². The van der Waals surface area contributed by atoms with Crippen LogP contribution in [0.4, 0.5) is 0 Å². The van der Waals surface area contributed by atoms with Gasteiger partial charge in [-0.3, -0.25) is 4.90 Å². The molecular formula is C11H22N2. The topological polar surface area (TPSA) is 15.3 Å². The first kappa shape index (κ1) is 10.7. The molecule has 2 nitrogen and oxygen atoms in total. The molecule has 2 heteroatoms. The highest BCUT2D eigenvalue weighted by molar-refractivity contribution is 4.85. The fourth-order valence-electron chi connectivity index (χ4n) is 1.93. The van der Waals surface area contributed by atoms with Crippen LogP contribution in [-0.2, 0) is 0 Å². The standard InChI is InChI=1S/C11H22N2/c1-3-5-8-13-9-6-7-11(10-13)12-4-2/h3,5,11-12H,4,6-10H2,1-2H3/b5-3+. The minimum Gasteiger partial charge on any atom is -0.313 e. The molecule has 1 atom stereocenters. The summed E-state index contributed by atoms with van der Waals surface area (Å²) in [6.07, 6.45) is 7.07. The SMILES string of the molecule is C/C=C/CN1CCCC(NCC)C1. The summed E-state index contributed by atoms with van der Waals surface area (Å²) in [5, 5.41) is 3.53. The van der Waals surface area contributed by atoms with Gasteiger partial charge in [-0.05, 0) is 32.9 Å². The van der Waals surface area contributed by atoms with Gasteiger partial charge >= 0.3 is 0 Å². The molecule has 0 bridgehead atoms. The number of nitrogens with one attached hydrogen (secondary N) is 1. The molecule has 1 saturated heterocycles. The van der Waals surface area contributed by atoms with Crippen molar-refractivity contribution in [2.45, 2.75) is 32.7 Å². The Morgan fingerprint density at radius 2 is 2.38 bits per heavy atom. The number of likely N-dealkylation sites (N-methyl/N-ethyl adjacent to an activating group) is 1. The highest BCUT2D eigenvalue weighted by Gasteiger charge is 2.17. The third-order valence-corrected chi connectivity index (χ3v) is 2.60. The van der Waals surface area contributed by atoms with Crippen LogP contribution in [0.5, 0.6) is 0 Å². The first-order chi connectivity index (χ1) is 6.36. The van der Waals surface area contributed by atoms with Crippen molar-refractivity contribution in [3.05, 3.63) is 12.2 Å². The summed E-state index contributed by atoms with van der Waals surface area (Å²) in [6.45, 7) is 8.99. The van der Waals surface area contributed by atoms with Crippen LogP contribution >= 0.6 is 0 Å². The molecule has 0 aromatic heterocycles. The van der Waals surface area contributed by atoms with Crippen molar-refractivity contribution in [1.29, 1.82) is 0 Å². The summed E-state index contributed by atoms with van der Waals surface area (Å²) < 4.78 is 0. The van der Waals surface area contributed by atoms with Crippen LogP contribution in [0.15, 0.2) is 12.2 Å². The first-order valence-electron chi connectivity index (χ1n) is 5.43. The van der Waals surface area contributed by atoms with Gasteiger partial charge in [0.1, 0.15) is 0 Å². The lowest BCUT2D eigenvalue weighted by Crippen LogP contribution is -2.45. The Morgan fingerprint density at radius 3 is 3.08 bits per heavy atom. The molecule has 1 unspecified atom stereocenters. The highest BCUT2D eigenvalue weighted by Crippen LogP contribution is 2.09. The second-order valence-corrected chi connectivity index (χ2v) is 3.73. The fourth-order valence-corrected chi connectivity index (χ4v) is 1.93. The highest BCUT2D eigenvalue weighted by atomic mass is 15.2. The molecule has 1 N–H and O–H groups in total. The Bertz CT molecular complexity index is 152. The van der Waals surface area contributed by atoms with Gasteiger partial charge in [0.15, 0.2) is 0 Å². The maximum absolute atomic E-state index is 3.53. The first-order valence-corrected chi connectivity index (χ1v) is 5.43. The van der Waals surface area contributed by atoms with Gasteiger partial charge < -0.3 is 5.32 Å². The van der Waals surface area contributed by atoms with Crippen molar-refractivity contribution in [3.63, 3.8) is 0 Å². The lowest BCUT2D eigenvalue weighted by Gasteiger charge is -2.32. The van der Waals surface area contributed by atoms with Crippen LogP contribution in [-0.4, -0.2) is 37.1 Å². The van der Waals surface area contributed by atoms with Crippen molar-refractivity contribution < 1.29 is 0 Å². The van der Waals surface area contributed by atoms with E-state index in [9.17, 15) is 0 Å². The molecule has 1 heterocycles. The summed E-state index contributed by atoms with van der Waals surface area (Å²) in [5.74, 6) is 0. The quantitative estimate of drug-likeness (QED) is 0.665. The van der Waals surface area contributed by atoms with E-state index in [2.05, 4.69) is 36.2 Å². The summed E-state index contributed by atoms with van der Waals surface area (Å²) >= 11 is 0. The van der Waals surface area contributed by atoms with E-state index in [0.29, 0.717) is 0 Å². The number of allylic oxidation sites excluding steroid dienone is 1. The number of hydrogen-bond acceptors (Lipinski definition) is 2. The predicted molar refractivity (Wildman–Crippen MR) is 58.0 cm³/mol. The van der Waals surface area contributed by atoms with Crippen LogP contribution in [0.3, 0.4) is 0 Å².